The van der Waals surface area contributed by atoms with Gasteiger partial charge in [-0.2, -0.15) is 13.2 Å². The zero-order valence-corrected chi connectivity index (χ0v) is 10.8. The predicted molar refractivity (Wildman–Crippen MR) is 69.0 cm³/mol. The first-order valence-corrected chi connectivity index (χ1v) is 6.25. The first-order valence-electron chi connectivity index (χ1n) is 5.43. The standard InChI is InChI=1S/C13H11F3N2S/c1-8-2-4-10(6-11(8)17)19-12-5-3-9(7-18-12)13(14,15)16/h2-7H,17H2,1H3. The second kappa shape index (κ2) is 5.13. The van der Waals surface area contributed by atoms with Crippen molar-refractivity contribution in [2.45, 2.75) is 23.0 Å². The lowest BCUT2D eigenvalue weighted by molar-refractivity contribution is -0.137. The van der Waals surface area contributed by atoms with Gasteiger partial charge in [-0.15, -0.1) is 0 Å². The summed E-state index contributed by atoms with van der Waals surface area (Å²) < 4.78 is 37.1. The zero-order valence-electron chi connectivity index (χ0n) is 10.0. The van der Waals surface area contributed by atoms with Crippen molar-refractivity contribution in [3.05, 3.63) is 47.7 Å². The summed E-state index contributed by atoms with van der Waals surface area (Å²) in [5, 5.41) is 0.497. The van der Waals surface area contributed by atoms with E-state index in [-0.39, 0.29) is 0 Å². The van der Waals surface area contributed by atoms with E-state index in [4.69, 9.17) is 5.73 Å². The van der Waals surface area contributed by atoms with Crippen LogP contribution in [0.5, 0.6) is 0 Å². The van der Waals surface area contributed by atoms with Gasteiger partial charge in [0.2, 0.25) is 0 Å². The summed E-state index contributed by atoms with van der Waals surface area (Å²) in [6.07, 6.45) is -3.52. The molecule has 2 nitrogen and oxygen atoms in total. The normalized spacial score (nSPS) is 11.6. The molecule has 2 N–H and O–H groups in total. The molecule has 0 aliphatic carbocycles. The quantitative estimate of drug-likeness (QED) is 0.842. The second-order valence-electron chi connectivity index (χ2n) is 4.00. The maximum absolute atomic E-state index is 12.4. The van der Waals surface area contributed by atoms with Crippen molar-refractivity contribution >= 4 is 17.4 Å². The fourth-order valence-corrected chi connectivity index (χ4v) is 2.22. The predicted octanol–water partition coefficient (Wildman–Crippen LogP) is 4.14. The lowest BCUT2D eigenvalue weighted by atomic mass is 10.2. The molecule has 0 spiro atoms. The van der Waals surface area contributed by atoms with Crippen LogP contribution in [0.25, 0.3) is 0 Å². The summed E-state index contributed by atoms with van der Waals surface area (Å²) in [6.45, 7) is 1.89. The van der Waals surface area contributed by atoms with Gasteiger partial charge < -0.3 is 5.73 Å². The Kier molecular flexibility index (Phi) is 3.71. The second-order valence-corrected chi connectivity index (χ2v) is 5.10. The smallest absolute Gasteiger partial charge is 0.398 e. The number of rotatable bonds is 2. The maximum Gasteiger partial charge on any atom is 0.417 e. The molecule has 0 saturated carbocycles. The third-order valence-electron chi connectivity index (χ3n) is 2.54. The van der Waals surface area contributed by atoms with Crippen molar-refractivity contribution < 1.29 is 13.2 Å². The monoisotopic (exact) mass is 284 g/mol. The summed E-state index contributed by atoms with van der Waals surface area (Å²) in [5.41, 5.74) is 6.64. The molecule has 0 unspecified atom stereocenters. The van der Waals surface area contributed by atoms with E-state index in [0.29, 0.717) is 10.7 Å². The Balaban J connectivity index is 2.17. The largest absolute Gasteiger partial charge is 0.417 e. The van der Waals surface area contributed by atoms with Crippen LogP contribution in [-0.4, -0.2) is 4.98 Å². The van der Waals surface area contributed by atoms with Crippen LogP contribution >= 0.6 is 11.8 Å². The van der Waals surface area contributed by atoms with Gasteiger partial charge in [-0.25, -0.2) is 4.98 Å². The molecule has 6 heteroatoms. The Bertz CT molecular complexity index is 579. The minimum Gasteiger partial charge on any atom is -0.398 e. The van der Waals surface area contributed by atoms with Gasteiger partial charge in [-0.05, 0) is 36.8 Å². The van der Waals surface area contributed by atoms with Crippen molar-refractivity contribution in [2.24, 2.45) is 0 Å². The highest BCUT2D eigenvalue weighted by molar-refractivity contribution is 7.99. The molecular formula is C13H11F3N2S. The number of pyridine rings is 1. The van der Waals surface area contributed by atoms with Crippen molar-refractivity contribution in [3.63, 3.8) is 0 Å². The van der Waals surface area contributed by atoms with Gasteiger partial charge >= 0.3 is 6.18 Å². The molecule has 2 aromatic rings. The number of nitrogen functional groups attached to an aromatic ring is 1. The van der Waals surface area contributed by atoms with Crippen LogP contribution in [0.3, 0.4) is 0 Å². The molecule has 1 aromatic carbocycles. The minimum atomic E-state index is -4.36. The third-order valence-corrected chi connectivity index (χ3v) is 3.48. The summed E-state index contributed by atoms with van der Waals surface area (Å²) >= 11 is 1.27. The number of alkyl halides is 3. The van der Waals surface area contributed by atoms with Crippen LogP contribution in [0.2, 0.25) is 0 Å². The molecule has 0 fully saturated rings. The molecule has 1 aromatic heterocycles. The van der Waals surface area contributed by atoms with E-state index < -0.39 is 11.7 Å². The molecule has 0 atom stereocenters. The van der Waals surface area contributed by atoms with E-state index in [1.54, 1.807) is 6.07 Å². The van der Waals surface area contributed by atoms with Crippen LogP contribution < -0.4 is 5.73 Å². The highest BCUT2D eigenvalue weighted by atomic mass is 32.2. The summed E-state index contributed by atoms with van der Waals surface area (Å²) in [5.74, 6) is 0. The highest BCUT2D eigenvalue weighted by Gasteiger charge is 2.30. The van der Waals surface area contributed by atoms with Crippen LogP contribution in [-0.2, 0) is 6.18 Å². The molecular weight excluding hydrogens is 273 g/mol. The molecule has 100 valence electrons. The first kappa shape index (κ1) is 13.7. The molecule has 0 bridgehead atoms. The first-order chi connectivity index (χ1) is 8.86. The molecule has 0 radical (unpaired) electrons. The average Bonchev–Trinajstić information content (AvgIpc) is 2.33. The van der Waals surface area contributed by atoms with Gasteiger partial charge in [-0.1, -0.05) is 17.8 Å². The van der Waals surface area contributed by atoms with Crippen molar-refractivity contribution in [1.82, 2.24) is 4.98 Å². The Morgan fingerprint density at radius 3 is 2.42 bits per heavy atom. The van der Waals surface area contributed by atoms with E-state index in [1.165, 1.54) is 17.8 Å². The Morgan fingerprint density at radius 1 is 1.16 bits per heavy atom. The Labute approximate surface area is 112 Å². The van der Waals surface area contributed by atoms with E-state index in [2.05, 4.69) is 4.98 Å². The van der Waals surface area contributed by atoms with Gasteiger partial charge in [0.25, 0.3) is 0 Å². The molecule has 0 saturated heterocycles. The van der Waals surface area contributed by atoms with Gasteiger partial charge in [0.05, 0.1) is 5.56 Å². The number of hydrogen-bond acceptors (Lipinski definition) is 3. The van der Waals surface area contributed by atoms with Gasteiger partial charge in [0.15, 0.2) is 0 Å². The number of anilines is 1. The van der Waals surface area contributed by atoms with Crippen molar-refractivity contribution in [2.75, 3.05) is 5.73 Å². The van der Waals surface area contributed by atoms with Gasteiger partial charge in [0, 0.05) is 16.8 Å². The molecule has 19 heavy (non-hydrogen) atoms. The Morgan fingerprint density at radius 2 is 1.89 bits per heavy atom. The van der Waals surface area contributed by atoms with E-state index in [1.807, 2.05) is 19.1 Å². The zero-order chi connectivity index (χ0) is 14.0. The molecule has 2 rings (SSSR count). The van der Waals surface area contributed by atoms with E-state index in [9.17, 15) is 13.2 Å². The molecule has 0 amide bonds. The minimum absolute atomic E-state index is 0.497. The summed E-state index contributed by atoms with van der Waals surface area (Å²) in [6, 6.07) is 7.87. The number of nitrogens with two attached hydrogens (primary N) is 1. The number of aryl methyl sites for hydroxylation is 1. The van der Waals surface area contributed by atoms with Gasteiger partial charge in [-0.3, -0.25) is 0 Å². The van der Waals surface area contributed by atoms with Crippen molar-refractivity contribution in [1.29, 1.82) is 0 Å². The number of halogens is 3. The summed E-state index contributed by atoms with van der Waals surface area (Å²) in [4.78, 5) is 4.64. The SMILES string of the molecule is Cc1ccc(Sc2ccc(C(F)(F)F)cn2)cc1N. The lowest BCUT2D eigenvalue weighted by Crippen LogP contribution is -2.04. The third kappa shape index (κ3) is 3.41. The van der Waals surface area contributed by atoms with Gasteiger partial charge in [0.1, 0.15) is 5.03 Å². The van der Waals surface area contributed by atoms with Crippen LogP contribution in [0.15, 0.2) is 46.5 Å². The number of benzene rings is 1. The lowest BCUT2D eigenvalue weighted by Gasteiger charge is -2.07. The Hall–Kier alpha value is -1.69. The fourth-order valence-electron chi connectivity index (χ4n) is 1.41. The highest BCUT2D eigenvalue weighted by Crippen LogP contribution is 2.32. The number of nitrogens with zero attached hydrogens (tertiary/aromatic N) is 1. The fraction of sp³-hybridized carbons (Fsp3) is 0.154. The number of aromatic nitrogens is 1. The molecule has 1 heterocycles. The topological polar surface area (TPSA) is 38.9 Å². The van der Waals surface area contributed by atoms with Crippen LogP contribution in [0.4, 0.5) is 18.9 Å². The van der Waals surface area contributed by atoms with E-state index in [0.717, 1.165) is 22.7 Å². The summed E-state index contributed by atoms with van der Waals surface area (Å²) in [7, 11) is 0. The van der Waals surface area contributed by atoms with E-state index >= 15 is 0 Å². The van der Waals surface area contributed by atoms with Crippen molar-refractivity contribution in [3.8, 4) is 0 Å². The maximum atomic E-state index is 12.4. The van der Waals surface area contributed by atoms with Crippen LogP contribution in [0.1, 0.15) is 11.1 Å². The molecule has 0 aliphatic rings. The van der Waals surface area contributed by atoms with Crippen LogP contribution in [0, 0.1) is 6.92 Å². The average molecular weight is 284 g/mol. The number of hydrogen-bond donors (Lipinski definition) is 1. The molecule has 0 aliphatic heterocycles.